The van der Waals surface area contributed by atoms with E-state index in [1.807, 2.05) is 54.7 Å². The number of carbonyl (C=O) groups excluding carboxylic acids is 1. The fraction of sp³-hybridized carbons (Fsp3) is 0.273. The summed E-state index contributed by atoms with van der Waals surface area (Å²) in [5, 5.41) is 3.90. The van der Waals surface area contributed by atoms with Gasteiger partial charge in [0.1, 0.15) is 21.0 Å². The smallest absolute Gasteiger partial charge is 0.274 e. The SMILES string of the molecule is COCCN1CCN(Cc2cnc3sc(-c4ccccc4NC(=O)c4cccc(-c5cccc(CI)c5)n4)nc3c2)CC1. The molecule has 1 amide bonds. The van der Waals surface area contributed by atoms with E-state index in [9.17, 15) is 4.79 Å². The third-order valence-electron chi connectivity index (χ3n) is 7.55. The van der Waals surface area contributed by atoms with Crippen LogP contribution in [-0.4, -0.2) is 77.1 Å². The fourth-order valence-electron chi connectivity index (χ4n) is 5.22. The van der Waals surface area contributed by atoms with Crippen LogP contribution in [0.2, 0.25) is 0 Å². The molecular weight excluding hydrogens is 671 g/mol. The number of fused-ring (bicyclic) bond motifs is 1. The number of anilines is 1. The monoisotopic (exact) mass is 704 g/mol. The summed E-state index contributed by atoms with van der Waals surface area (Å²) in [5.41, 5.74) is 6.94. The lowest BCUT2D eigenvalue weighted by atomic mass is 10.1. The number of piperazine rings is 1. The molecule has 0 saturated carbocycles. The standard InChI is InChI=1S/C33H33IN6O2S/c1-42-17-16-39-12-14-40(15-13-39)22-24-19-30-33(35-21-24)43-32(38-30)26-8-2-3-9-28(26)37-31(41)29-11-5-10-27(36-29)25-7-4-6-23(18-25)20-34/h2-11,18-19,21H,12-17,20,22H2,1H3,(H,37,41). The van der Waals surface area contributed by atoms with Crippen LogP contribution >= 0.6 is 33.9 Å². The van der Waals surface area contributed by atoms with Gasteiger partial charge in [-0.15, -0.1) is 0 Å². The topological polar surface area (TPSA) is 83.5 Å². The van der Waals surface area contributed by atoms with Gasteiger partial charge < -0.3 is 10.1 Å². The number of amides is 1. The Bertz CT molecular complexity index is 1720. The third kappa shape index (κ3) is 7.27. The summed E-state index contributed by atoms with van der Waals surface area (Å²) in [6, 6.07) is 23.7. The minimum atomic E-state index is -0.261. The van der Waals surface area contributed by atoms with Gasteiger partial charge in [0.25, 0.3) is 5.91 Å². The Morgan fingerprint density at radius 3 is 2.60 bits per heavy atom. The maximum Gasteiger partial charge on any atom is 0.274 e. The number of thiazole rings is 1. The normalized spacial score (nSPS) is 14.3. The molecule has 1 saturated heterocycles. The number of ether oxygens (including phenoxy) is 1. The summed E-state index contributed by atoms with van der Waals surface area (Å²) >= 11 is 3.88. The summed E-state index contributed by atoms with van der Waals surface area (Å²) in [5.74, 6) is -0.261. The van der Waals surface area contributed by atoms with E-state index in [4.69, 9.17) is 14.7 Å². The second kappa shape index (κ2) is 14.0. The second-order valence-corrected chi connectivity index (χ2v) is 12.3. The van der Waals surface area contributed by atoms with Crippen molar-refractivity contribution in [3.63, 3.8) is 0 Å². The van der Waals surface area contributed by atoms with Crippen molar-refractivity contribution >= 4 is 55.9 Å². The molecule has 4 heterocycles. The van der Waals surface area contributed by atoms with Crippen molar-refractivity contribution in [1.29, 1.82) is 0 Å². The quantitative estimate of drug-likeness (QED) is 0.134. The highest BCUT2D eigenvalue weighted by molar-refractivity contribution is 14.1. The Kier molecular flexibility index (Phi) is 9.69. The minimum Gasteiger partial charge on any atom is -0.383 e. The molecule has 1 N–H and O–H groups in total. The zero-order valence-corrected chi connectivity index (χ0v) is 27.0. The lowest BCUT2D eigenvalue weighted by molar-refractivity contribution is 0.0938. The van der Waals surface area contributed by atoms with Gasteiger partial charge in [0.2, 0.25) is 0 Å². The Morgan fingerprint density at radius 2 is 1.77 bits per heavy atom. The average molecular weight is 705 g/mol. The van der Waals surface area contributed by atoms with E-state index in [2.05, 4.69) is 60.9 Å². The van der Waals surface area contributed by atoms with Crippen molar-refractivity contribution in [2.24, 2.45) is 0 Å². The van der Waals surface area contributed by atoms with Crippen LogP contribution in [0.3, 0.4) is 0 Å². The predicted molar refractivity (Wildman–Crippen MR) is 182 cm³/mol. The van der Waals surface area contributed by atoms with E-state index in [0.29, 0.717) is 11.4 Å². The molecule has 0 atom stereocenters. The third-order valence-corrected chi connectivity index (χ3v) is 9.44. The van der Waals surface area contributed by atoms with E-state index in [1.54, 1.807) is 13.2 Å². The van der Waals surface area contributed by atoms with Crippen LogP contribution in [0, 0.1) is 0 Å². The molecule has 6 rings (SSSR count). The molecule has 0 aliphatic carbocycles. The highest BCUT2D eigenvalue weighted by Crippen LogP contribution is 2.34. The summed E-state index contributed by atoms with van der Waals surface area (Å²) in [7, 11) is 1.75. The van der Waals surface area contributed by atoms with Crippen molar-refractivity contribution in [3.8, 4) is 21.8 Å². The predicted octanol–water partition coefficient (Wildman–Crippen LogP) is 6.37. The van der Waals surface area contributed by atoms with Crippen molar-refractivity contribution < 1.29 is 9.53 Å². The number of nitrogens with one attached hydrogen (secondary N) is 1. The van der Waals surface area contributed by atoms with Gasteiger partial charge in [-0.25, -0.2) is 15.0 Å². The number of hydrogen-bond acceptors (Lipinski definition) is 8. The number of benzene rings is 2. The Hall–Kier alpha value is -3.29. The molecule has 1 aliphatic rings. The van der Waals surface area contributed by atoms with Crippen LogP contribution in [0.4, 0.5) is 5.69 Å². The number of methoxy groups -OCH3 is 1. The van der Waals surface area contributed by atoms with Crippen molar-refractivity contribution in [2.75, 3.05) is 51.8 Å². The lowest BCUT2D eigenvalue weighted by Gasteiger charge is -2.34. The van der Waals surface area contributed by atoms with Gasteiger partial charge in [0.05, 0.1) is 18.0 Å². The lowest BCUT2D eigenvalue weighted by Crippen LogP contribution is -2.46. The molecule has 2 aromatic carbocycles. The van der Waals surface area contributed by atoms with Crippen LogP contribution in [0.25, 0.3) is 32.2 Å². The number of carbonyl (C=O) groups is 1. The number of aromatic nitrogens is 3. The van der Waals surface area contributed by atoms with Gasteiger partial charge >= 0.3 is 0 Å². The molecule has 0 spiro atoms. The number of para-hydroxylation sites is 1. The van der Waals surface area contributed by atoms with E-state index < -0.39 is 0 Å². The van der Waals surface area contributed by atoms with E-state index in [0.717, 1.165) is 88.0 Å². The first-order valence-corrected chi connectivity index (χ1v) is 16.7. The van der Waals surface area contributed by atoms with Gasteiger partial charge in [-0.2, -0.15) is 0 Å². The Labute approximate surface area is 269 Å². The number of halogens is 1. The molecule has 0 bridgehead atoms. The van der Waals surface area contributed by atoms with Crippen LogP contribution in [-0.2, 0) is 15.7 Å². The first kappa shape index (κ1) is 29.8. The maximum atomic E-state index is 13.4. The second-order valence-electron chi connectivity index (χ2n) is 10.5. The summed E-state index contributed by atoms with van der Waals surface area (Å²) < 4.78 is 6.14. The van der Waals surface area contributed by atoms with E-state index in [1.165, 1.54) is 16.9 Å². The van der Waals surface area contributed by atoms with Gasteiger partial charge in [0.15, 0.2) is 0 Å². The minimum absolute atomic E-state index is 0.261. The summed E-state index contributed by atoms with van der Waals surface area (Å²) in [4.78, 5) is 33.5. The highest BCUT2D eigenvalue weighted by Gasteiger charge is 2.19. The Balaban J connectivity index is 1.17. The molecule has 10 heteroatoms. The molecule has 5 aromatic rings. The van der Waals surface area contributed by atoms with E-state index in [-0.39, 0.29) is 5.91 Å². The van der Waals surface area contributed by atoms with Crippen LogP contribution in [0.5, 0.6) is 0 Å². The number of rotatable bonds is 10. The molecule has 43 heavy (non-hydrogen) atoms. The Morgan fingerprint density at radius 1 is 0.953 bits per heavy atom. The summed E-state index contributed by atoms with van der Waals surface area (Å²) in [6.07, 6.45) is 1.96. The van der Waals surface area contributed by atoms with Crippen LogP contribution < -0.4 is 5.32 Å². The largest absolute Gasteiger partial charge is 0.383 e. The van der Waals surface area contributed by atoms with Crippen LogP contribution in [0.15, 0.2) is 79.0 Å². The molecule has 220 valence electrons. The van der Waals surface area contributed by atoms with Gasteiger partial charge in [-0.05, 0) is 47.5 Å². The van der Waals surface area contributed by atoms with Gasteiger partial charge in [0, 0.05) is 68.1 Å². The van der Waals surface area contributed by atoms with Gasteiger partial charge in [-0.3, -0.25) is 14.6 Å². The first-order valence-electron chi connectivity index (χ1n) is 14.3. The fourth-order valence-corrected chi connectivity index (χ4v) is 6.62. The maximum absolute atomic E-state index is 13.4. The zero-order valence-electron chi connectivity index (χ0n) is 24.0. The molecule has 0 radical (unpaired) electrons. The molecule has 1 aliphatic heterocycles. The highest BCUT2D eigenvalue weighted by atomic mass is 127. The molecular formula is C33H33IN6O2S. The van der Waals surface area contributed by atoms with E-state index >= 15 is 0 Å². The molecule has 0 unspecified atom stereocenters. The van der Waals surface area contributed by atoms with Crippen molar-refractivity contribution in [2.45, 2.75) is 11.0 Å². The molecule has 1 fully saturated rings. The van der Waals surface area contributed by atoms with Gasteiger partial charge in [-0.1, -0.05) is 70.3 Å². The van der Waals surface area contributed by atoms with Crippen molar-refractivity contribution in [1.82, 2.24) is 24.8 Å². The molecule has 3 aromatic heterocycles. The number of alkyl halides is 1. The first-order chi connectivity index (χ1) is 21.1. The average Bonchev–Trinajstić information content (AvgIpc) is 3.48. The van der Waals surface area contributed by atoms with Crippen molar-refractivity contribution in [3.05, 3.63) is 95.8 Å². The summed E-state index contributed by atoms with van der Waals surface area (Å²) in [6.45, 7) is 6.77. The number of pyridine rings is 2. The zero-order chi connectivity index (χ0) is 29.6. The molecule has 8 nitrogen and oxygen atoms in total. The number of hydrogen-bond donors (Lipinski definition) is 1. The number of nitrogens with zero attached hydrogens (tertiary/aromatic N) is 5. The van der Waals surface area contributed by atoms with Crippen LogP contribution in [0.1, 0.15) is 21.6 Å².